The molecule has 0 fully saturated rings. The molecular weight excluding hydrogens is 190 g/mol. The number of aromatic nitrogens is 1. The molecular formula is C12H15NS. The third-order valence-corrected chi connectivity index (χ3v) is 3.12. The van der Waals surface area contributed by atoms with Gasteiger partial charge in [0.15, 0.2) is 0 Å². The molecule has 1 nitrogen and oxygen atoms in total. The molecule has 74 valence electrons. The zero-order valence-corrected chi connectivity index (χ0v) is 9.26. The summed E-state index contributed by atoms with van der Waals surface area (Å²) in [5, 5.41) is 1.34. The lowest BCUT2D eigenvalue weighted by Gasteiger charge is -2.03. The molecule has 1 heterocycles. The second-order valence-electron chi connectivity index (χ2n) is 3.41. The van der Waals surface area contributed by atoms with Gasteiger partial charge in [0.25, 0.3) is 0 Å². The van der Waals surface area contributed by atoms with Crippen LogP contribution in [-0.2, 0) is 6.54 Å². The molecule has 14 heavy (non-hydrogen) atoms. The third kappa shape index (κ3) is 1.95. The van der Waals surface area contributed by atoms with E-state index in [4.69, 9.17) is 0 Å². The van der Waals surface area contributed by atoms with Crippen LogP contribution in [0.1, 0.15) is 6.42 Å². The second kappa shape index (κ2) is 4.56. The average Bonchev–Trinajstić information content (AvgIpc) is 2.63. The summed E-state index contributed by atoms with van der Waals surface area (Å²) < 4.78 is 2.34. The SMILES string of the molecule is CSCCCn1ccc2ccccc21. The van der Waals surface area contributed by atoms with Crippen LogP contribution in [-0.4, -0.2) is 16.6 Å². The van der Waals surface area contributed by atoms with Gasteiger partial charge in [-0.15, -0.1) is 0 Å². The van der Waals surface area contributed by atoms with Crippen LogP contribution >= 0.6 is 11.8 Å². The Kier molecular flexibility index (Phi) is 3.14. The van der Waals surface area contributed by atoms with Crippen LogP contribution in [0.2, 0.25) is 0 Å². The number of hydrogen-bond donors (Lipinski definition) is 0. The highest BCUT2D eigenvalue weighted by Gasteiger charge is 1.98. The zero-order valence-electron chi connectivity index (χ0n) is 8.44. The van der Waals surface area contributed by atoms with E-state index < -0.39 is 0 Å². The summed E-state index contributed by atoms with van der Waals surface area (Å²) in [5.74, 6) is 1.24. The summed E-state index contributed by atoms with van der Waals surface area (Å²) in [5.41, 5.74) is 1.36. The van der Waals surface area contributed by atoms with Crippen molar-refractivity contribution in [2.75, 3.05) is 12.0 Å². The van der Waals surface area contributed by atoms with Crippen LogP contribution in [0.5, 0.6) is 0 Å². The van der Waals surface area contributed by atoms with Crippen molar-refractivity contribution in [1.82, 2.24) is 4.57 Å². The molecule has 0 aliphatic heterocycles. The summed E-state index contributed by atoms with van der Waals surface area (Å²) in [4.78, 5) is 0. The highest BCUT2D eigenvalue weighted by molar-refractivity contribution is 7.98. The van der Waals surface area contributed by atoms with Crippen LogP contribution in [0, 0.1) is 0 Å². The highest BCUT2D eigenvalue weighted by Crippen LogP contribution is 2.15. The molecule has 2 aromatic rings. The first-order chi connectivity index (χ1) is 6.92. The predicted molar refractivity (Wildman–Crippen MR) is 64.9 cm³/mol. The molecule has 0 saturated carbocycles. The molecule has 1 aromatic heterocycles. The number of fused-ring (bicyclic) bond motifs is 1. The first-order valence-corrected chi connectivity index (χ1v) is 6.34. The Balaban J connectivity index is 2.17. The number of benzene rings is 1. The molecule has 0 amide bonds. The van der Waals surface area contributed by atoms with Gasteiger partial charge in [0, 0.05) is 18.3 Å². The van der Waals surface area contributed by atoms with E-state index >= 15 is 0 Å². The fourth-order valence-electron chi connectivity index (χ4n) is 1.71. The van der Waals surface area contributed by atoms with Gasteiger partial charge in [-0.2, -0.15) is 11.8 Å². The van der Waals surface area contributed by atoms with Crippen molar-refractivity contribution in [3.05, 3.63) is 36.5 Å². The average molecular weight is 205 g/mol. The topological polar surface area (TPSA) is 4.93 Å². The van der Waals surface area contributed by atoms with Gasteiger partial charge in [0.1, 0.15) is 0 Å². The molecule has 0 atom stereocenters. The maximum absolute atomic E-state index is 2.34. The minimum atomic E-state index is 1.13. The Morgan fingerprint density at radius 2 is 2.07 bits per heavy atom. The fraction of sp³-hybridized carbons (Fsp3) is 0.333. The molecule has 0 radical (unpaired) electrons. The molecule has 0 bridgehead atoms. The summed E-state index contributed by atoms with van der Waals surface area (Å²) in [7, 11) is 0. The van der Waals surface area contributed by atoms with Gasteiger partial charge in [0.2, 0.25) is 0 Å². The van der Waals surface area contributed by atoms with Crippen LogP contribution < -0.4 is 0 Å². The van der Waals surface area contributed by atoms with E-state index in [0.29, 0.717) is 0 Å². The van der Waals surface area contributed by atoms with Crippen molar-refractivity contribution >= 4 is 22.7 Å². The normalized spacial score (nSPS) is 10.9. The number of thioether (sulfide) groups is 1. The van der Waals surface area contributed by atoms with Gasteiger partial charge in [-0.1, -0.05) is 18.2 Å². The summed E-state index contributed by atoms with van der Waals surface area (Å²) in [6, 6.07) is 10.7. The monoisotopic (exact) mass is 205 g/mol. The first kappa shape index (κ1) is 9.66. The van der Waals surface area contributed by atoms with Crippen molar-refractivity contribution in [2.24, 2.45) is 0 Å². The Morgan fingerprint density at radius 1 is 1.21 bits per heavy atom. The van der Waals surface area contributed by atoms with Gasteiger partial charge in [0.05, 0.1) is 0 Å². The van der Waals surface area contributed by atoms with Crippen molar-refractivity contribution in [3.8, 4) is 0 Å². The lowest BCUT2D eigenvalue weighted by molar-refractivity contribution is 0.709. The lowest BCUT2D eigenvalue weighted by atomic mass is 10.2. The van der Waals surface area contributed by atoms with Crippen molar-refractivity contribution < 1.29 is 0 Å². The number of hydrogen-bond acceptors (Lipinski definition) is 1. The second-order valence-corrected chi connectivity index (χ2v) is 4.40. The van der Waals surface area contributed by atoms with Crippen LogP contribution in [0.4, 0.5) is 0 Å². The first-order valence-electron chi connectivity index (χ1n) is 4.94. The van der Waals surface area contributed by atoms with Gasteiger partial charge < -0.3 is 4.57 Å². The van der Waals surface area contributed by atoms with Gasteiger partial charge >= 0.3 is 0 Å². The minimum absolute atomic E-state index is 1.13. The van der Waals surface area contributed by atoms with Crippen molar-refractivity contribution in [3.63, 3.8) is 0 Å². The molecule has 2 rings (SSSR count). The number of para-hydroxylation sites is 1. The number of nitrogens with zero attached hydrogens (tertiary/aromatic N) is 1. The molecule has 0 aliphatic carbocycles. The zero-order chi connectivity index (χ0) is 9.80. The van der Waals surface area contributed by atoms with Crippen LogP contribution in [0.3, 0.4) is 0 Å². The standard InChI is InChI=1S/C12H15NS/c1-14-10-4-8-13-9-7-11-5-2-3-6-12(11)13/h2-3,5-7,9H,4,8,10H2,1H3. The fourth-order valence-corrected chi connectivity index (χ4v) is 2.13. The largest absolute Gasteiger partial charge is 0.347 e. The molecule has 0 unspecified atom stereocenters. The van der Waals surface area contributed by atoms with Gasteiger partial charge in [-0.05, 0) is 35.9 Å². The Bertz CT molecular complexity index is 405. The van der Waals surface area contributed by atoms with E-state index in [1.807, 2.05) is 11.8 Å². The highest BCUT2D eigenvalue weighted by atomic mass is 32.2. The smallest absolute Gasteiger partial charge is 0.0480 e. The minimum Gasteiger partial charge on any atom is -0.347 e. The Morgan fingerprint density at radius 3 is 2.93 bits per heavy atom. The summed E-state index contributed by atoms with van der Waals surface area (Å²) in [6.45, 7) is 1.13. The number of rotatable bonds is 4. The predicted octanol–water partition coefficient (Wildman–Crippen LogP) is 3.39. The molecule has 0 N–H and O–H groups in total. The molecule has 0 saturated heterocycles. The van der Waals surface area contributed by atoms with Crippen LogP contribution in [0.25, 0.3) is 10.9 Å². The molecule has 0 spiro atoms. The molecule has 2 heteroatoms. The van der Waals surface area contributed by atoms with E-state index in [-0.39, 0.29) is 0 Å². The van der Waals surface area contributed by atoms with E-state index in [0.717, 1.165) is 6.54 Å². The van der Waals surface area contributed by atoms with E-state index in [1.54, 1.807) is 0 Å². The Labute approximate surface area is 89.1 Å². The van der Waals surface area contributed by atoms with E-state index in [2.05, 4.69) is 47.4 Å². The quantitative estimate of drug-likeness (QED) is 0.693. The van der Waals surface area contributed by atoms with Crippen molar-refractivity contribution in [1.29, 1.82) is 0 Å². The maximum atomic E-state index is 2.34. The maximum Gasteiger partial charge on any atom is 0.0480 e. The molecule has 0 aliphatic rings. The summed E-state index contributed by atoms with van der Waals surface area (Å²) in [6.07, 6.45) is 5.60. The molecule has 1 aromatic carbocycles. The van der Waals surface area contributed by atoms with E-state index in [9.17, 15) is 0 Å². The van der Waals surface area contributed by atoms with Gasteiger partial charge in [-0.3, -0.25) is 0 Å². The van der Waals surface area contributed by atoms with Crippen molar-refractivity contribution in [2.45, 2.75) is 13.0 Å². The number of aryl methyl sites for hydroxylation is 1. The summed E-state index contributed by atoms with van der Waals surface area (Å²) >= 11 is 1.92. The van der Waals surface area contributed by atoms with Crippen LogP contribution in [0.15, 0.2) is 36.5 Å². The lowest BCUT2D eigenvalue weighted by Crippen LogP contribution is -1.96. The third-order valence-electron chi connectivity index (χ3n) is 2.43. The van der Waals surface area contributed by atoms with Gasteiger partial charge in [-0.25, -0.2) is 0 Å². The Hall–Kier alpha value is -0.890. The van der Waals surface area contributed by atoms with E-state index in [1.165, 1.54) is 23.1 Å².